The molecule has 1 aromatic heterocycles. The zero-order chi connectivity index (χ0) is 22.3. The molecule has 0 spiro atoms. The molecule has 7 heteroatoms. The van der Waals surface area contributed by atoms with Crippen LogP contribution in [0.15, 0.2) is 77.8 Å². The van der Waals surface area contributed by atoms with Gasteiger partial charge in [-0.05, 0) is 42.3 Å². The van der Waals surface area contributed by atoms with Gasteiger partial charge in [-0.2, -0.15) is 0 Å². The lowest BCUT2D eigenvalue weighted by molar-refractivity contribution is -0.118. The Bertz CT molecular complexity index is 1230. The smallest absolute Gasteiger partial charge is 0.230 e. The number of hydrogen-bond donors (Lipinski definition) is 1. The molecule has 162 valence electrons. The van der Waals surface area contributed by atoms with Crippen molar-refractivity contribution >= 4 is 28.4 Å². The zero-order valence-electron chi connectivity index (χ0n) is 17.5. The Kier molecular flexibility index (Phi) is 6.97. The van der Waals surface area contributed by atoms with E-state index in [0.29, 0.717) is 23.7 Å². The molecule has 1 amide bonds. The van der Waals surface area contributed by atoms with Gasteiger partial charge in [0.25, 0.3) is 0 Å². The molecule has 4 aromatic rings. The predicted molar refractivity (Wildman–Crippen MR) is 125 cm³/mol. The number of benzene rings is 3. The van der Waals surface area contributed by atoms with Crippen LogP contribution in [0, 0.1) is 5.82 Å². The van der Waals surface area contributed by atoms with Crippen LogP contribution >= 0.6 is 11.8 Å². The number of para-hydroxylation sites is 1. The SMILES string of the molecule is COc1ccccc1CCNC(=O)CSc1nnc(-c2ccc(F)cc2)c2ccccc12. The van der Waals surface area contributed by atoms with Gasteiger partial charge in [0.2, 0.25) is 5.91 Å². The van der Waals surface area contributed by atoms with E-state index in [-0.39, 0.29) is 17.5 Å². The Hall–Kier alpha value is -3.45. The highest BCUT2D eigenvalue weighted by molar-refractivity contribution is 8.00. The molecule has 0 aliphatic heterocycles. The van der Waals surface area contributed by atoms with Gasteiger partial charge in [0.1, 0.15) is 22.3 Å². The summed E-state index contributed by atoms with van der Waals surface area (Å²) in [4.78, 5) is 12.4. The molecule has 32 heavy (non-hydrogen) atoms. The standard InChI is InChI=1S/C25H22FN3O2S/c1-31-22-9-5-2-6-17(22)14-15-27-23(30)16-32-25-21-8-4-3-7-20(21)24(28-29-25)18-10-12-19(26)13-11-18/h2-13H,14-16H2,1H3,(H,27,30). The number of halogens is 1. The third-order valence-electron chi connectivity index (χ3n) is 5.02. The fourth-order valence-electron chi connectivity index (χ4n) is 3.44. The van der Waals surface area contributed by atoms with Crippen molar-refractivity contribution in [3.63, 3.8) is 0 Å². The van der Waals surface area contributed by atoms with Gasteiger partial charge in [-0.25, -0.2) is 4.39 Å². The number of thioether (sulfide) groups is 1. The molecule has 4 rings (SSSR count). The molecule has 0 aliphatic carbocycles. The van der Waals surface area contributed by atoms with Crippen molar-refractivity contribution in [1.82, 2.24) is 15.5 Å². The molecular weight excluding hydrogens is 425 g/mol. The molecule has 1 heterocycles. The molecule has 0 aliphatic rings. The van der Waals surface area contributed by atoms with Crippen molar-refractivity contribution in [2.75, 3.05) is 19.4 Å². The van der Waals surface area contributed by atoms with Crippen molar-refractivity contribution in [3.8, 4) is 17.0 Å². The van der Waals surface area contributed by atoms with E-state index >= 15 is 0 Å². The highest BCUT2D eigenvalue weighted by Crippen LogP contribution is 2.31. The molecule has 3 aromatic carbocycles. The van der Waals surface area contributed by atoms with Crippen LogP contribution in [0.4, 0.5) is 4.39 Å². The lowest BCUT2D eigenvalue weighted by Gasteiger charge is -2.10. The monoisotopic (exact) mass is 447 g/mol. The summed E-state index contributed by atoms with van der Waals surface area (Å²) in [7, 11) is 1.64. The van der Waals surface area contributed by atoms with Crippen molar-refractivity contribution in [2.45, 2.75) is 11.4 Å². The summed E-state index contributed by atoms with van der Waals surface area (Å²) in [6.07, 6.45) is 0.690. The van der Waals surface area contributed by atoms with E-state index < -0.39 is 0 Å². The number of rotatable bonds is 8. The highest BCUT2D eigenvalue weighted by Gasteiger charge is 2.13. The van der Waals surface area contributed by atoms with Gasteiger partial charge in [0.05, 0.1) is 12.9 Å². The van der Waals surface area contributed by atoms with E-state index in [1.807, 2.05) is 48.5 Å². The van der Waals surface area contributed by atoms with Crippen LogP contribution in [-0.2, 0) is 11.2 Å². The molecule has 1 N–H and O–H groups in total. The van der Waals surface area contributed by atoms with E-state index in [4.69, 9.17) is 4.74 Å². The van der Waals surface area contributed by atoms with Crippen molar-refractivity contribution < 1.29 is 13.9 Å². The average Bonchev–Trinajstić information content (AvgIpc) is 2.83. The first kappa shape index (κ1) is 21.8. The van der Waals surface area contributed by atoms with E-state index in [2.05, 4.69) is 15.5 Å². The van der Waals surface area contributed by atoms with E-state index in [9.17, 15) is 9.18 Å². The number of fused-ring (bicyclic) bond motifs is 1. The van der Waals surface area contributed by atoms with Gasteiger partial charge in [-0.1, -0.05) is 54.2 Å². The molecule has 5 nitrogen and oxygen atoms in total. The van der Waals surface area contributed by atoms with Crippen LogP contribution in [0.2, 0.25) is 0 Å². The lowest BCUT2D eigenvalue weighted by atomic mass is 10.1. The number of nitrogens with zero attached hydrogens (tertiary/aromatic N) is 2. The van der Waals surface area contributed by atoms with Crippen LogP contribution < -0.4 is 10.1 Å². The number of amides is 1. The van der Waals surface area contributed by atoms with Crippen LogP contribution in [0.5, 0.6) is 5.75 Å². The molecule has 0 bridgehead atoms. The van der Waals surface area contributed by atoms with Gasteiger partial charge in [0.15, 0.2) is 0 Å². The van der Waals surface area contributed by atoms with Crippen LogP contribution in [-0.4, -0.2) is 35.5 Å². The van der Waals surface area contributed by atoms with Gasteiger partial charge in [-0.15, -0.1) is 10.2 Å². The number of ether oxygens (including phenoxy) is 1. The maximum atomic E-state index is 13.3. The van der Waals surface area contributed by atoms with E-state index in [0.717, 1.165) is 27.6 Å². The minimum absolute atomic E-state index is 0.0709. The van der Waals surface area contributed by atoms with Gasteiger partial charge in [-0.3, -0.25) is 4.79 Å². The Morgan fingerprint density at radius 1 is 0.969 bits per heavy atom. The first-order valence-corrected chi connectivity index (χ1v) is 11.2. The Labute approximate surface area is 190 Å². The topological polar surface area (TPSA) is 64.1 Å². The number of methoxy groups -OCH3 is 1. The third kappa shape index (κ3) is 5.06. The van der Waals surface area contributed by atoms with Gasteiger partial charge >= 0.3 is 0 Å². The van der Waals surface area contributed by atoms with Crippen molar-refractivity contribution in [3.05, 3.63) is 84.2 Å². The number of nitrogens with one attached hydrogen (secondary N) is 1. The molecular formula is C25H22FN3O2S. The van der Waals surface area contributed by atoms with Crippen molar-refractivity contribution in [2.24, 2.45) is 0 Å². The lowest BCUT2D eigenvalue weighted by Crippen LogP contribution is -2.27. The summed E-state index contributed by atoms with van der Waals surface area (Å²) in [5.41, 5.74) is 2.53. The van der Waals surface area contributed by atoms with Crippen LogP contribution in [0.3, 0.4) is 0 Å². The normalized spacial score (nSPS) is 10.8. The van der Waals surface area contributed by atoms with Crippen molar-refractivity contribution in [1.29, 1.82) is 0 Å². The second-order valence-electron chi connectivity index (χ2n) is 7.11. The maximum absolute atomic E-state index is 13.3. The summed E-state index contributed by atoms with van der Waals surface area (Å²) in [5.74, 6) is 0.688. The number of aromatic nitrogens is 2. The summed E-state index contributed by atoms with van der Waals surface area (Å²) < 4.78 is 18.6. The van der Waals surface area contributed by atoms with E-state index in [1.54, 1.807) is 19.2 Å². The minimum Gasteiger partial charge on any atom is -0.496 e. The second kappa shape index (κ2) is 10.2. The fraction of sp³-hybridized carbons (Fsp3) is 0.160. The largest absolute Gasteiger partial charge is 0.496 e. The predicted octanol–water partition coefficient (Wildman–Crippen LogP) is 4.90. The van der Waals surface area contributed by atoms with Crippen LogP contribution in [0.1, 0.15) is 5.56 Å². The van der Waals surface area contributed by atoms with E-state index in [1.165, 1.54) is 23.9 Å². The summed E-state index contributed by atoms with van der Waals surface area (Å²) in [6, 6.07) is 21.7. The summed E-state index contributed by atoms with van der Waals surface area (Å²) in [5, 5.41) is 14.2. The number of carbonyl (C=O) groups excluding carboxylic acids is 1. The first-order valence-electron chi connectivity index (χ1n) is 10.2. The Morgan fingerprint density at radius 3 is 2.47 bits per heavy atom. The minimum atomic E-state index is -0.296. The third-order valence-corrected chi connectivity index (χ3v) is 6.00. The average molecular weight is 448 g/mol. The summed E-state index contributed by atoms with van der Waals surface area (Å²) in [6.45, 7) is 0.524. The molecule has 0 saturated heterocycles. The number of hydrogen-bond acceptors (Lipinski definition) is 5. The van der Waals surface area contributed by atoms with Gasteiger partial charge in [0, 0.05) is 22.9 Å². The molecule has 0 saturated carbocycles. The first-order chi connectivity index (χ1) is 15.7. The highest BCUT2D eigenvalue weighted by atomic mass is 32.2. The quantitative estimate of drug-likeness (QED) is 0.390. The molecule has 0 atom stereocenters. The summed E-state index contributed by atoms with van der Waals surface area (Å²) >= 11 is 1.35. The van der Waals surface area contributed by atoms with Crippen LogP contribution in [0.25, 0.3) is 22.0 Å². The zero-order valence-corrected chi connectivity index (χ0v) is 18.4. The fourth-order valence-corrected chi connectivity index (χ4v) is 4.24. The maximum Gasteiger partial charge on any atom is 0.230 e. The molecule has 0 fully saturated rings. The van der Waals surface area contributed by atoms with Gasteiger partial charge < -0.3 is 10.1 Å². The second-order valence-corrected chi connectivity index (χ2v) is 8.07. The Morgan fingerprint density at radius 2 is 1.69 bits per heavy atom. The molecule has 0 unspecified atom stereocenters. The Balaban J connectivity index is 1.41. The number of carbonyl (C=O) groups is 1. The molecule has 0 radical (unpaired) electrons.